The maximum Gasteiger partial charge on any atom is 0.177 e. The predicted octanol–water partition coefficient (Wildman–Crippen LogP) is 2.91. The van der Waals surface area contributed by atoms with Gasteiger partial charge < -0.3 is 20.5 Å². The number of ether oxygens (including phenoxy) is 2. The molecule has 1 aromatic rings. The Morgan fingerprint density at radius 1 is 1.60 bits per heavy atom. The van der Waals surface area contributed by atoms with Crippen LogP contribution in [0.4, 0.5) is 10.7 Å². The lowest BCUT2D eigenvalue weighted by atomic mass is 10.2. The van der Waals surface area contributed by atoms with Crippen LogP contribution in [0.1, 0.15) is 43.3 Å². The fraction of sp³-hybridized carbons (Fsp3) is 0.643. The summed E-state index contributed by atoms with van der Waals surface area (Å²) in [6.45, 7) is 6.94. The van der Waals surface area contributed by atoms with Crippen molar-refractivity contribution in [2.45, 2.75) is 45.8 Å². The second-order valence-corrected chi connectivity index (χ2v) is 6.26. The molecule has 0 saturated carbocycles. The van der Waals surface area contributed by atoms with E-state index in [1.807, 2.05) is 13.8 Å². The number of nitrogen functional groups attached to an aromatic ring is 1. The average molecular weight is 298 g/mol. The predicted molar refractivity (Wildman–Crippen MR) is 82.0 cm³/mol. The number of ketones is 1. The summed E-state index contributed by atoms with van der Waals surface area (Å²) in [5.74, 6) is 0.555. The van der Waals surface area contributed by atoms with Crippen molar-refractivity contribution in [3.8, 4) is 5.75 Å². The van der Waals surface area contributed by atoms with E-state index >= 15 is 0 Å². The van der Waals surface area contributed by atoms with E-state index < -0.39 is 0 Å². The lowest BCUT2D eigenvalue weighted by Gasteiger charge is -2.14. The topological polar surface area (TPSA) is 73.6 Å². The quantitative estimate of drug-likeness (QED) is 0.790. The normalized spacial score (nSPS) is 18.5. The van der Waals surface area contributed by atoms with Gasteiger partial charge in [0.25, 0.3) is 0 Å². The van der Waals surface area contributed by atoms with E-state index in [2.05, 4.69) is 5.32 Å². The molecule has 5 nitrogen and oxygen atoms in total. The number of hydrogen-bond donors (Lipinski definition) is 2. The molecular formula is C14H22N2O3S. The van der Waals surface area contributed by atoms with Crippen molar-refractivity contribution in [2.24, 2.45) is 0 Å². The summed E-state index contributed by atoms with van der Waals surface area (Å²) in [6.07, 6.45) is 2.40. The van der Waals surface area contributed by atoms with Crippen LogP contribution in [0.3, 0.4) is 0 Å². The van der Waals surface area contributed by atoms with Gasteiger partial charge in [0.05, 0.1) is 22.8 Å². The van der Waals surface area contributed by atoms with Crippen LogP contribution >= 0.6 is 11.3 Å². The van der Waals surface area contributed by atoms with Crippen LogP contribution in [-0.2, 0) is 4.74 Å². The number of anilines is 2. The van der Waals surface area contributed by atoms with Gasteiger partial charge in [-0.2, -0.15) is 0 Å². The van der Waals surface area contributed by atoms with Gasteiger partial charge in [-0.15, -0.1) is 11.3 Å². The Bertz CT molecular complexity index is 479. The minimum atomic E-state index is -0.0359. The van der Waals surface area contributed by atoms with Gasteiger partial charge in [0.15, 0.2) is 11.5 Å². The zero-order valence-corrected chi connectivity index (χ0v) is 13.0. The van der Waals surface area contributed by atoms with Gasteiger partial charge in [-0.3, -0.25) is 4.79 Å². The summed E-state index contributed by atoms with van der Waals surface area (Å²) in [7, 11) is 0. The standard InChI is InChI=1S/C14H22N2O3S/c1-8(2)19-12-11(15)13(9(3)17)20-14(12)16-7-10-5-4-6-18-10/h8,10,16H,4-7,15H2,1-3H3. The second kappa shape index (κ2) is 6.45. The number of nitrogens with two attached hydrogens (primary N) is 1. The molecule has 0 radical (unpaired) electrons. The number of hydrogen-bond acceptors (Lipinski definition) is 6. The number of thiophene rings is 1. The van der Waals surface area contributed by atoms with E-state index in [1.165, 1.54) is 18.3 Å². The molecule has 0 aromatic carbocycles. The molecule has 1 atom stereocenters. The fourth-order valence-electron chi connectivity index (χ4n) is 2.17. The molecule has 1 unspecified atom stereocenters. The molecule has 3 N–H and O–H groups in total. The molecule has 0 bridgehead atoms. The van der Waals surface area contributed by atoms with Crippen molar-refractivity contribution in [1.82, 2.24) is 0 Å². The molecule has 0 amide bonds. The van der Waals surface area contributed by atoms with Gasteiger partial charge in [0, 0.05) is 20.1 Å². The van der Waals surface area contributed by atoms with Crippen LogP contribution in [0.5, 0.6) is 5.75 Å². The minimum Gasteiger partial charge on any atom is -0.486 e. The maximum absolute atomic E-state index is 11.6. The van der Waals surface area contributed by atoms with Crippen LogP contribution < -0.4 is 15.8 Å². The molecule has 1 saturated heterocycles. The monoisotopic (exact) mass is 298 g/mol. The Morgan fingerprint density at radius 2 is 2.35 bits per heavy atom. The van der Waals surface area contributed by atoms with Gasteiger partial charge in [-0.25, -0.2) is 0 Å². The first-order valence-electron chi connectivity index (χ1n) is 6.94. The molecule has 0 aliphatic carbocycles. The van der Waals surface area contributed by atoms with Crippen molar-refractivity contribution in [2.75, 3.05) is 24.2 Å². The van der Waals surface area contributed by atoms with Crippen molar-refractivity contribution in [3.63, 3.8) is 0 Å². The molecule has 0 spiro atoms. The van der Waals surface area contributed by atoms with Crippen LogP contribution in [0.2, 0.25) is 0 Å². The van der Waals surface area contributed by atoms with Crippen LogP contribution in [0.25, 0.3) is 0 Å². The van der Waals surface area contributed by atoms with E-state index in [0.29, 0.717) is 22.9 Å². The van der Waals surface area contributed by atoms with Gasteiger partial charge in [0.1, 0.15) is 5.00 Å². The summed E-state index contributed by atoms with van der Waals surface area (Å²) in [6, 6.07) is 0. The number of Topliss-reactive ketones (excluding diaryl/α,β-unsaturated/α-hetero) is 1. The molecule has 1 fully saturated rings. The summed E-state index contributed by atoms with van der Waals surface area (Å²) < 4.78 is 11.3. The number of carbonyl (C=O) groups is 1. The number of rotatable bonds is 6. The number of carbonyl (C=O) groups excluding carboxylic acids is 1. The summed E-state index contributed by atoms with van der Waals surface area (Å²) in [4.78, 5) is 12.2. The third-order valence-corrected chi connectivity index (χ3v) is 4.33. The molecule has 2 rings (SSSR count). The lowest BCUT2D eigenvalue weighted by molar-refractivity contribution is 0.102. The Labute approximate surface area is 123 Å². The van der Waals surface area contributed by atoms with Gasteiger partial charge >= 0.3 is 0 Å². The third-order valence-electron chi connectivity index (χ3n) is 3.09. The minimum absolute atomic E-state index is 0.00925. The molecule has 2 heterocycles. The molecule has 6 heteroatoms. The zero-order valence-electron chi connectivity index (χ0n) is 12.2. The molecule has 20 heavy (non-hydrogen) atoms. The first kappa shape index (κ1) is 15.1. The van der Waals surface area contributed by atoms with Crippen molar-refractivity contribution < 1.29 is 14.3 Å². The molecular weight excluding hydrogens is 276 g/mol. The van der Waals surface area contributed by atoms with Gasteiger partial charge in [0.2, 0.25) is 0 Å². The second-order valence-electron chi connectivity index (χ2n) is 5.24. The fourth-order valence-corrected chi connectivity index (χ4v) is 3.13. The summed E-state index contributed by atoms with van der Waals surface area (Å²) in [5.41, 5.74) is 6.47. The van der Waals surface area contributed by atoms with E-state index in [0.717, 1.165) is 24.4 Å². The SMILES string of the molecule is CC(=O)c1sc(NCC2CCCO2)c(OC(C)C)c1N. The van der Waals surface area contributed by atoms with E-state index in [1.54, 1.807) is 0 Å². The Kier molecular flexibility index (Phi) is 4.88. The summed E-state index contributed by atoms with van der Waals surface area (Å²) in [5, 5.41) is 4.13. The van der Waals surface area contributed by atoms with Gasteiger partial charge in [-0.05, 0) is 26.7 Å². The highest BCUT2D eigenvalue weighted by Gasteiger charge is 2.22. The van der Waals surface area contributed by atoms with E-state index in [9.17, 15) is 4.79 Å². The van der Waals surface area contributed by atoms with Crippen molar-refractivity contribution in [1.29, 1.82) is 0 Å². The maximum atomic E-state index is 11.6. The molecule has 1 aliphatic rings. The van der Waals surface area contributed by atoms with Crippen LogP contribution in [0.15, 0.2) is 0 Å². The number of nitrogens with one attached hydrogen (secondary N) is 1. The van der Waals surface area contributed by atoms with E-state index in [4.69, 9.17) is 15.2 Å². The Hall–Kier alpha value is -1.27. The van der Waals surface area contributed by atoms with Crippen LogP contribution in [0, 0.1) is 0 Å². The Morgan fingerprint density at radius 3 is 2.90 bits per heavy atom. The van der Waals surface area contributed by atoms with E-state index in [-0.39, 0.29) is 18.0 Å². The molecule has 112 valence electrons. The largest absolute Gasteiger partial charge is 0.486 e. The smallest absolute Gasteiger partial charge is 0.177 e. The zero-order chi connectivity index (χ0) is 14.7. The van der Waals surface area contributed by atoms with Crippen molar-refractivity contribution in [3.05, 3.63) is 4.88 Å². The van der Waals surface area contributed by atoms with Crippen LogP contribution in [-0.4, -0.2) is 31.1 Å². The first-order chi connectivity index (χ1) is 9.49. The highest BCUT2D eigenvalue weighted by molar-refractivity contribution is 7.19. The third kappa shape index (κ3) is 3.43. The highest BCUT2D eigenvalue weighted by atomic mass is 32.1. The van der Waals surface area contributed by atoms with Gasteiger partial charge in [-0.1, -0.05) is 0 Å². The lowest BCUT2D eigenvalue weighted by Crippen LogP contribution is -2.18. The first-order valence-corrected chi connectivity index (χ1v) is 7.76. The highest BCUT2D eigenvalue weighted by Crippen LogP contribution is 2.43. The molecule has 1 aromatic heterocycles. The average Bonchev–Trinajstić information content (AvgIpc) is 2.97. The van der Waals surface area contributed by atoms with Crippen molar-refractivity contribution >= 4 is 27.8 Å². The molecule has 1 aliphatic heterocycles. The summed E-state index contributed by atoms with van der Waals surface area (Å²) >= 11 is 1.35. The Balaban J connectivity index is 2.15.